The molecule has 0 radical (unpaired) electrons. The Kier molecular flexibility index (Phi) is 4.54. The first-order chi connectivity index (χ1) is 11.4. The van der Waals surface area contributed by atoms with Crippen LogP contribution in [0.2, 0.25) is 0 Å². The Bertz CT molecular complexity index is 627. The van der Waals surface area contributed by atoms with E-state index in [0.29, 0.717) is 32.6 Å². The van der Waals surface area contributed by atoms with Crippen LogP contribution in [-0.2, 0) is 11.3 Å². The molecule has 3 rings (SSSR count). The number of nitrogens with zero attached hydrogens (tertiary/aromatic N) is 3. The fourth-order valence-corrected chi connectivity index (χ4v) is 3.70. The van der Waals surface area contributed by atoms with Crippen LogP contribution >= 0.6 is 0 Å². The zero-order valence-electron chi connectivity index (χ0n) is 14.7. The third kappa shape index (κ3) is 3.56. The summed E-state index contributed by atoms with van der Waals surface area (Å²) in [6.45, 7) is 6.08. The van der Waals surface area contributed by atoms with Gasteiger partial charge in [-0.1, -0.05) is 0 Å². The topological polar surface area (TPSA) is 69.0 Å². The van der Waals surface area contributed by atoms with Crippen molar-refractivity contribution in [3.8, 4) is 0 Å². The van der Waals surface area contributed by atoms with E-state index in [1.807, 2.05) is 24.0 Å². The van der Waals surface area contributed by atoms with E-state index in [-0.39, 0.29) is 17.4 Å². The Morgan fingerprint density at radius 3 is 2.71 bits per heavy atom. The molecule has 0 aliphatic carbocycles. The smallest absolute Gasteiger partial charge is 0.319 e. The zero-order chi connectivity index (χ0) is 17.3. The maximum atomic E-state index is 12.5. The summed E-state index contributed by atoms with van der Waals surface area (Å²) < 4.78 is 5.70. The van der Waals surface area contributed by atoms with Gasteiger partial charge in [0.1, 0.15) is 11.5 Å². The second-order valence-corrected chi connectivity index (χ2v) is 7.28. The molecule has 2 saturated heterocycles. The fourth-order valence-electron chi connectivity index (χ4n) is 3.70. The minimum absolute atomic E-state index is 0.00409. The Hall–Kier alpha value is -2.02. The number of rotatable bonds is 2. The monoisotopic (exact) mass is 334 g/mol. The molecular weight excluding hydrogens is 308 g/mol. The van der Waals surface area contributed by atoms with E-state index in [4.69, 9.17) is 4.42 Å². The van der Waals surface area contributed by atoms with Crippen LogP contribution < -0.4 is 5.32 Å². The van der Waals surface area contributed by atoms with E-state index in [9.17, 15) is 9.59 Å². The minimum atomic E-state index is -0.221. The molecule has 0 bridgehead atoms. The van der Waals surface area contributed by atoms with Gasteiger partial charge in [0.15, 0.2) is 0 Å². The normalized spacial score (nSPS) is 25.0. The summed E-state index contributed by atoms with van der Waals surface area (Å²) in [5.41, 5.74) is -0.221. The van der Waals surface area contributed by atoms with E-state index < -0.39 is 0 Å². The Morgan fingerprint density at radius 2 is 2.12 bits per heavy atom. The molecule has 0 saturated carbocycles. The van der Waals surface area contributed by atoms with Crippen molar-refractivity contribution in [2.45, 2.75) is 19.9 Å². The van der Waals surface area contributed by atoms with E-state index in [0.717, 1.165) is 24.6 Å². The molecule has 1 N–H and O–H groups in total. The highest BCUT2D eigenvalue weighted by atomic mass is 16.3. The third-order valence-corrected chi connectivity index (χ3v) is 4.80. The number of hydrogen-bond donors (Lipinski definition) is 1. The lowest BCUT2D eigenvalue weighted by Gasteiger charge is -2.33. The van der Waals surface area contributed by atoms with Crippen LogP contribution in [0.5, 0.6) is 0 Å². The maximum Gasteiger partial charge on any atom is 0.319 e. The first kappa shape index (κ1) is 16.8. The summed E-state index contributed by atoms with van der Waals surface area (Å²) >= 11 is 0. The molecule has 2 aliphatic heterocycles. The van der Waals surface area contributed by atoms with Crippen molar-refractivity contribution in [2.24, 2.45) is 5.41 Å². The van der Waals surface area contributed by atoms with Crippen LogP contribution in [0.3, 0.4) is 0 Å². The van der Waals surface area contributed by atoms with Crippen molar-refractivity contribution in [3.63, 3.8) is 0 Å². The van der Waals surface area contributed by atoms with Crippen molar-refractivity contribution in [1.82, 2.24) is 20.0 Å². The standard InChI is InChI=1S/C17H26N4O3/c1-13-4-5-14(24-13)9-20-6-7-21(16(23)19(2)3)12-17(11-20)8-15(22)18-10-17/h4-5H,6-12H2,1-3H3,(H,18,22). The molecule has 2 fully saturated rings. The highest BCUT2D eigenvalue weighted by molar-refractivity contribution is 5.80. The van der Waals surface area contributed by atoms with Gasteiger partial charge in [-0.2, -0.15) is 0 Å². The number of carbonyl (C=O) groups excluding carboxylic acids is 2. The van der Waals surface area contributed by atoms with Crippen molar-refractivity contribution in [1.29, 1.82) is 0 Å². The van der Waals surface area contributed by atoms with Crippen LogP contribution in [0.1, 0.15) is 17.9 Å². The molecule has 1 spiro atoms. The highest BCUT2D eigenvalue weighted by Gasteiger charge is 2.44. The lowest BCUT2D eigenvalue weighted by atomic mass is 9.86. The molecule has 24 heavy (non-hydrogen) atoms. The van der Waals surface area contributed by atoms with Gasteiger partial charge in [0.25, 0.3) is 0 Å². The van der Waals surface area contributed by atoms with E-state index >= 15 is 0 Å². The van der Waals surface area contributed by atoms with Gasteiger partial charge in [-0.25, -0.2) is 4.79 Å². The van der Waals surface area contributed by atoms with Crippen molar-refractivity contribution < 1.29 is 14.0 Å². The molecule has 3 heterocycles. The van der Waals surface area contributed by atoms with Gasteiger partial charge in [0, 0.05) is 58.7 Å². The van der Waals surface area contributed by atoms with Crippen molar-refractivity contribution in [2.75, 3.05) is 46.8 Å². The van der Waals surface area contributed by atoms with Crippen LogP contribution in [0.4, 0.5) is 4.79 Å². The molecule has 132 valence electrons. The molecule has 2 aliphatic rings. The van der Waals surface area contributed by atoms with Gasteiger partial charge in [0.05, 0.1) is 6.54 Å². The zero-order valence-corrected chi connectivity index (χ0v) is 14.7. The SMILES string of the molecule is Cc1ccc(CN2CCN(C(=O)N(C)C)CC3(CNC(=O)C3)C2)o1. The van der Waals surface area contributed by atoms with Gasteiger partial charge in [-0.15, -0.1) is 0 Å². The van der Waals surface area contributed by atoms with Gasteiger partial charge in [-0.3, -0.25) is 9.69 Å². The number of amides is 3. The molecule has 7 nitrogen and oxygen atoms in total. The van der Waals surface area contributed by atoms with Crippen LogP contribution in [0, 0.1) is 12.3 Å². The average Bonchev–Trinajstić information content (AvgIpc) is 3.02. The Labute approximate surface area is 142 Å². The molecule has 1 atom stereocenters. The van der Waals surface area contributed by atoms with Crippen LogP contribution in [0.15, 0.2) is 16.5 Å². The summed E-state index contributed by atoms with van der Waals surface area (Å²) in [4.78, 5) is 30.1. The number of nitrogens with one attached hydrogen (secondary N) is 1. The number of aryl methyl sites for hydroxylation is 1. The number of urea groups is 1. The van der Waals surface area contributed by atoms with Gasteiger partial charge in [-0.05, 0) is 19.1 Å². The van der Waals surface area contributed by atoms with Gasteiger partial charge >= 0.3 is 6.03 Å². The third-order valence-electron chi connectivity index (χ3n) is 4.80. The summed E-state index contributed by atoms with van der Waals surface area (Å²) in [5, 5.41) is 2.94. The first-order valence-corrected chi connectivity index (χ1v) is 8.37. The first-order valence-electron chi connectivity index (χ1n) is 8.37. The number of carbonyl (C=O) groups is 2. The van der Waals surface area contributed by atoms with E-state index in [1.54, 1.807) is 19.0 Å². The maximum absolute atomic E-state index is 12.5. The van der Waals surface area contributed by atoms with Gasteiger partial charge in [0.2, 0.25) is 5.91 Å². The Morgan fingerprint density at radius 1 is 1.33 bits per heavy atom. The average molecular weight is 334 g/mol. The fraction of sp³-hybridized carbons (Fsp3) is 0.647. The Balaban J connectivity index is 1.78. The molecule has 7 heteroatoms. The second-order valence-electron chi connectivity index (χ2n) is 7.28. The van der Waals surface area contributed by atoms with Crippen molar-refractivity contribution in [3.05, 3.63) is 23.7 Å². The molecule has 0 aromatic carbocycles. The highest BCUT2D eigenvalue weighted by Crippen LogP contribution is 2.31. The van der Waals surface area contributed by atoms with E-state index in [2.05, 4.69) is 10.2 Å². The summed E-state index contributed by atoms with van der Waals surface area (Å²) in [5.74, 6) is 1.90. The summed E-state index contributed by atoms with van der Waals surface area (Å²) in [6.07, 6.45) is 0.470. The number of hydrogen-bond acceptors (Lipinski definition) is 4. The van der Waals surface area contributed by atoms with Crippen LogP contribution in [-0.4, -0.2) is 73.5 Å². The summed E-state index contributed by atoms with van der Waals surface area (Å²) in [6, 6.07) is 3.96. The van der Waals surface area contributed by atoms with Crippen molar-refractivity contribution >= 4 is 11.9 Å². The van der Waals surface area contributed by atoms with Gasteiger partial charge < -0.3 is 19.5 Å². The molecule has 3 amide bonds. The molecular formula is C17H26N4O3. The molecule has 1 unspecified atom stereocenters. The quantitative estimate of drug-likeness (QED) is 0.872. The molecule has 1 aromatic heterocycles. The van der Waals surface area contributed by atoms with E-state index in [1.165, 1.54) is 0 Å². The molecule has 1 aromatic rings. The lowest BCUT2D eigenvalue weighted by molar-refractivity contribution is -0.119. The minimum Gasteiger partial charge on any atom is -0.465 e. The predicted molar refractivity (Wildman–Crippen MR) is 89.4 cm³/mol. The lowest BCUT2D eigenvalue weighted by Crippen LogP contribution is -2.47. The summed E-state index contributed by atoms with van der Waals surface area (Å²) in [7, 11) is 3.53. The second kappa shape index (κ2) is 6.47. The predicted octanol–water partition coefficient (Wildman–Crippen LogP) is 0.894. The van der Waals surface area contributed by atoms with Crippen LogP contribution in [0.25, 0.3) is 0 Å². The number of furan rings is 1. The largest absolute Gasteiger partial charge is 0.465 e.